The number of nitrogens with two attached hydrogens (primary N) is 1. The molecule has 9 heteroatoms. The lowest BCUT2D eigenvalue weighted by Gasteiger charge is -2.34. The number of carbonyl (C=O) groups is 4. The Hall–Kier alpha value is -3.10. The molecule has 0 bridgehead atoms. The molecule has 1 aliphatic rings. The van der Waals surface area contributed by atoms with Crippen molar-refractivity contribution in [2.45, 2.75) is 90.4 Å². The van der Waals surface area contributed by atoms with Crippen LogP contribution in [-0.2, 0) is 19.1 Å². The number of hydrogen-bond acceptors (Lipinski definition) is 5. The number of nitrogens with zero attached hydrogens (tertiary/aromatic N) is 1. The maximum Gasteiger partial charge on any atom is 0.408 e. The number of aryl methyl sites for hydroxylation is 1. The normalized spacial score (nSPS) is 15.1. The summed E-state index contributed by atoms with van der Waals surface area (Å²) in [6, 6.07) is 5.11. The fraction of sp³-hybridized carbons (Fsp3) is 0.600. The SMILES string of the molecule is CCCCNC(=O)C(c1ccc(C)cc1)N(C(=O)C(CC(N)=O)NC(=O)OC(C)(C)C)C1CC1. The summed E-state index contributed by atoms with van der Waals surface area (Å²) in [5, 5.41) is 5.42. The largest absolute Gasteiger partial charge is 0.444 e. The standard InChI is InChI=1S/C25H38N4O5/c1-6-7-14-27-22(31)21(17-10-8-16(2)9-11-17)29(18-12-13-18)23(32)19(15-20(26)30)28-24(33)34-25(3,4)5/h8-11,18-19,21H,6-7,12-15H2,1-5H3,(H2,26,30)(H,27,31)(H,28,33). The molecule has 2 atom stereocenters. The summed E-state index contributed by atoms with van der Waals surface area (Å²) in [5.74, 6) is -1.58. The van der Waals surface area contributed by atoms with Crippen LogP contribution < -0.4 is 16.4 Å². The molecule has 0 aliphatic heterocycles. The second kappa shape index (κ2) is 11.9. The Balaban J connectivity index is 2.39. The van der Waals surface area contributed by atoms with E-state index in [9.17, 15) is 19.2 Å². The van der Waals surface area contributed by atoms with Gasteiger partial charge in [-0.3, -0.25) is 14.4 Å². The molecule has 0 radical (unpaired) electrons. The van der Waals surface area contributed by atoms with Gasteiger partial charge in [-0.25, -0.2) is 4.79 Å². The zero-order chi connectivity index (χ0) is 25.5. The van der Waals surface area contributed by atoms with Gasteiger partial charge < -0.3 is 26.0 Å². The predicted octanol–water partition coefficient (Wildman–Crippen LogP) is 2.71. The highest BCUT2D eigenvalue weighted by Gasteiger charge is 2.44. The molecule has 2 unspecified atom stereocenters. The van der Waals surface area contributed by atoms with E-state index in [-0.39, 0.29) is 11.9 Å². The van der Waals surface area contributed by atoms with Gasteiger partial charge in [-0.05, 0) is 52.5 Å². The van der Waals surface area contributed by atoms with Crippen molar-refractivity contribution in [2.24, 2.45) is 5.73 Å². The van der Waals surface area contributed by atoms with Crippen LogP contribution in [0.3, 0.4) is 0 Å². The fourth-order valence-electron chi connectivity index (χ4n) is 3.57. The van der Waals surface area contributed by atoms with E-state index < -0.39 is 42.0 Å². The van der Waals surface area contributed by atoms with Crippen LogP contribution in [-0.4, -0.2) is 52.9 Å². The zero-order valence-corrected chi connectivity index (χ0v) is 20.8. The van der Waals surface area contributed by atoms with Crippen LogP contribution in [0.4, 0.5) is 4.79 Å². The molecule has 0 heterocycles. The van der Waals surface area contributed by atoms with E-state index in [0.29, 0.717) is 12.1 Å². The van der Waals surface area contributed by atoms with E-state index in [2.05, 4.69) is 10.6 Å². The van der Waals surface area contributed by atoms with Crippen LogP contribution in [0.25, 0.3) is 0 Å². The number of rotatable bonds is 11. The van der Waals surface area contributed by atoms with Crippen molar-refractivity contribution in [2.75, 3.05) is 6.54 Å². The average Bonchev–Trinajstić information content (AvgIpc) is 3.55. The van der Waals surface area contributed by atoms with Crippen molar-refractivity contribution in [3.8, 4) is 0 Å². The smallest absolute Gasteiger partial charge is 0.408 e. The van der Waals surface area contributed by atoms with Gasteiger partial charge in [-0.15, -0.1) is 0 Å². The Morgan fingerprint density at radius 1 is 1.15 bits per heavy atom. The molecule has 4 amide bonds. The lowest BCUT2D eigenvalue weighted by Crippen LogP contribution is -2.54. The van der Waals surface area contributed by atoms with E-state index in [0.717, 1.165) is 31.2 Å². The van der Waals surface area contributed by atoms with Gasteiger partial charge in [0.25, 0.3) is 0 Å². The molecule has 4 N–H and O–H groups in total. The number of carbonyl (C=O) groups excluding carboxylic acids is 4. The third-order valence-corrected chi connectivity index (χ3v) is 5.34. The first kappa shape index (κ1) is 27.1. The van der Waals surface area contributed by atoms with Gasteiger partial charge in [-0.1, -0.05) is 43.2 Å². The van der Waals surface area contributed by atoms with Crippen LogP contribution in [0.1, 0.15) is 77.0 Å². The maximum absolute atomic E-state index is 13.7. The molecule has 1 saturated carbocycles. The highest BCUT2D eigenvalue weighted by atomic mass is 16.6. The molecule has 1 fully saturated rings. The minimum absolute atomic E-state index is 0.174. The quantitative estimate of drug-likeness (QED) is 0.425. The number of unbranched alkanes of at least 4 members (excludes halogenated alkanes) is 1. The molecule has 188 valence electrons. The minimum atomic E-state index is -1.25. The molecular weight excluding hydrogens is 436 g/mol. The van der Waals surface area contributed by atoms with Crippen molar-refractivity contribution in [3.05, 3.63) is 35.4 Å². The fourth-order valence-corrected chi connectivity index (χ4v) is 3.57. The van der Waals surface area contributed by atoms with Gasteiger partial charge in [0.2, 0.25) is 17.7 Å². The van der Waals surface area contributed by atoms with E-state index in [1.807, 2.05) is 38.1 Å². The van der Waals surface area contributed by atoms with Gasteiger partial charge in [0, 0.05) is 12.6 Å². The highest BCUT2D eigenvalue weighted by molar-refractivity contribution is 5.94. The van der Waals surface area contributed by atoms with Crippen molar-refractivity contribution < 1.29 is 23.9 Å². The summed E-state index contributed by atoms with van der Waals surface area (Å²) in [4.78, 5) is 52.7. The summed E-state index contributed by atoms with van der Waals surface area (Å²) >= 11 is 0. The van der Waals surface area contributed by atoms with Crippen LogP contribution in [0, 0.1) is 6.92 Å². The first-order valence-electron chi connectivity index (χ1n) is 11.9. The minimum Gasteiger partial charge on any atom is -0.444 e. The Bertz CT molecular complexity index is 874. The molecule has 0 spiro atoms. The van der Waals surface area contributed by atoms with E-state index in [4.69, 9.17) is 10.5 Å². The van der Waals surface area contributed by atoms with Gasteiger partial charge >= 0.3 is 6.09 Å². The average molecular weight is 475 g/mol. The first-order valence-corrected chi connectivity index (χ1v) is 11.9. The van der Waals surface area contributed by atoms with Gasteiger partial charge in [0.05, 0.1) is 6.42 Å². The molecule has 34 heavy (non-hydrogen) atoms. The van der Waals surface area contributed by atoms with Crippen molar-refractivity contribution in [3.63, 3.8) is 0 Å². The Morgan fingerprint density at radius 3 is 2.26 bits per heavy atom. The van der Waals surface area contributed by atoms with Crippen LogP contribution >= 0.6 is 0 Å². The second-order valence-electron chi connectivity index (χ2n) is 9.80. The Kier molecular flexibility index (Phi) is 9.46. The zero-order valence-electron chi connectivity index (χ0n) is 20.8. The molecule has 1 aliphatic carbocycles. The number of ether oxygens (including phenoxy) is 1. The number of nitrogens with one attached hydrogen (secondary N) is 2. The summed E-state index contributed by atoms with van der Waals surface area (Å²) in [5.41, 5.74) is 6.29. The topological polar surface area (TPSA) is 131 Å². The summed E-state index contributed by atoms with van der Waals surface area (Å²) in [6.45, 7) is 9.55. The third kappa shape index (κ3) is 8.35. The van der Waals surface area contributed by atoms with Crippen LogP contribution in [0.2, 0.25) is 0 Å². The van der Waals surface area contributed by atoms with Crippen molar-refractivity contribution >= 4 is 23.8 Å². The number of primary amides is 1. The Morgan fingerprint density at radius 2 is 1.76 bits per heavy atom. The molecule has 0 saturated heterocycles. The van der Waals surface area contributed by atoms with Crippen LogP contribution in [0.5, 0.6) is 0 Å². The van der Waals surface area contributed by atoms with Crippen molar-refractivity contribution in [1.82, 2.24) is 15.5 Å². The monoisotopic (exact) mass is 474 g/mol. The first-order chi connectivity index (χ1) is 15.9. The molecule has 1 aromatic rings. The molecule has 0 aromatic heterocycles. The third-order valence-electron chi connectivity index (χ3n) is 5.34. The van der Waals surface area contributed by atoms with E-state index in [1.54, 1.807) is 20.8 Å². The lowest BCUT2D eigenvalue weighted by atomic mass is 10.0. The number of hydrogen-bond donors (Lipinski definition) is 3. The van der Waals surface area contributed by atoms with Crippen LogP contribution in [0.15, 0.2) is 24.3 Å². The number of benzene rings is 1. The summed E-state index contributed by atoms with van der Waals surface area (Å²) in [7, 11) is 0. The highest BCUT2D eigenvalue weighted by Crippen LogP contribution is 2.36. The van der Waals surface area contributed by atoms with Gasteiger partial charge in [-0.2, -0.15) is 0 Å². The lowest BCUT2D eigenvalue weighted by molar-refractivity contribution is -0.144. The number of alkyl carbamates (subject to hydrolysis) is 1. The molecule has 1 aromatic carbocycles. The van der Waals surface area contributed by atoms with E-state index in [1.165, 1.54) is 4.90 Å². The van der Waals surface area contributed by atoms with Crippen molar-refractivity contribution in [1.29, 1.82) is 0 Å². The second-order valence-corrected chi connectivity index (χ2v) is 9.80. The molecular formula is C25H38N4O5. The predicted molar refractivity (Wildman–Crippen MR) is 129 cm³/mol. The molecule has 2 rings (SSSR count). The number of amides is 4. The van der Waals surface area contributed by atoms with Gasteiger partial charge in [0.1, 0.15) is 17.7 Å². The van der Waals surface area contributed by atoms with E-state index >= 15 is 0 Å². The molecule has 9 nitrogen and oxygen atoms in total. The maximum atomic E-state index is 13.7. The van der Waals surface area contributed by atoms with Gasteiger partial charge in [0.15, 0.2) is 0 Å². The summed E-state index contributed by atoms with van der Waals surface area (Å²) in [6.07, 6.45) is 1.95. The summed E-state index contributed by atoms with van der Waals surface area (Å²) < 4.78 is 5.27. The Labute approximate surface area is 201 Å².